The number of hydrogen-bond donors (Lipinski definition) is 1. The Labute approximate surface area is 133 Å². The lowest BCUT2D eigenvalue weighted by atomic mass is 10.2. The molecule has 1 N–H and O–H groups in total. The van der Waals surface area contributed by atoms with Gasteiger partial charge in [0.25, 0.3) is 5.91 Å². The van der Waals surface area contributed by atoms with Gasteiger partial charge in [0, 0.05) is 19.2 Å². The van der Waals surface area contributed by atoms with Crippen LogP contribution in [0.4, 0.5) is 4.39 Å². The highest BCUT2D eigenvalue weighted by atomic mass is 19.1. The zero-order valence-corrected chi connectivity index (χ0v) is 12.4. The molecule has 1 heterocycles. The van der Waals surface area contributed by atoms with Gasteiger partial charge in [-0.2, -0.15) is 5.10 Å². The van der Waals surface area contributed by atoms with Gasteiger partial charge in [-0.3, -0.25) is 4.79 Å². The van der Waals surface area contributed by atoms with Gasteiger partial charge in [-0.25, -0.2) is 9.07 Å². The van der Waals surface area contributed by atoms with Gasteiger partial charge in [-0.1, -0.05) is 30.3 Å². The van der Waals surface area contributed by atoms with E-state index in [4.69, 9.17) is 0 Å². The van der Waals surface area contributed by atoms with E-state index in [2.05, 4.69) is 10.4 Å². The number of para-hydroxylation sites is 1. The van der Waals surface area contributed by atoms with Crippen LogP contribution in [0.2, 0.25) is 0 Å². The van der Waals surface area contributed by atoms with Crippen LogP contribution < -0.4 is 5.32 Å². The first-order valence-electron chi connectivity index (χ1n) is 7.37. The molecule has 1 amide bonds. The lowest BCUT2D eigenvalue weighted by Gasteiger charge is -2.05. The van der Waals surface area contributed by atoms with Gasteiger partial charge in [-0.05, 0) is 30.3 Å². The Hall–Kier alpha value is -2.95. The second kappa shape index (κ2) is 6.87. The van der Waals surface area contributed by atoms with Gasteiger partial charge in [0.15, 0.2) is 0 Å². The van der Waals surface area contributed by atoms with Crippen molar-refractivity contribution in [2.24, 2.45) is 0 Å². The molecular formula is C18H16FN3O. The molecule has 0 atom stereocenters. The van der Waals surface area contributed by atoms with Crippen molar-refractivity contribution in [3.05, 3.63) is 83.9 Å². The minimum absolute atomic E-state index is 0.0577. The van der Waals surface area contributed by atoms with Crippen molar-refractivity contribution in [2.45, 2.75) is 6.42 Å². The van der Waals surface area contributed by atoms with Gasteiger partial charge in [0.1, 0.15) is 5.82 Å². The Morgan fingerprint density at radius 2 is 1.78 bits per heavy atom. The summed E-state index contributed by atoms with van der Waals surface area (Å²) in [5.74, 6) is -0.927. The third-order valence-corrected chi connectivity index (χ3v) is 3.45. The van der Waals surface area contributed by atoms with Gasteiger partial charge in [-0.15, -0.1) is 0 Å². The number of amides is 1. The minimum atomic E-state index is -0.515. The molecule has 0 aliphatic heterocycles. The quantitative estimate of drug-likeness (QED) is 0.787. The highest BCUT2D eigenvalue weighted by Crippen LogP contribution is 2.08. The Bertz CT molecular complexity index is 799. The molecule has 0 unspecified atom stereocenters. The molecule has 0 radical (unpaired) electrons. The average molecular weight is 309 g/mol. The Kier molecular flexibility index (Phi) is 4.47. The van der Waals surface area contributed by atoms with Crippen LogP contribution in [-0.4, -0.2) is 22.2 Å². The van der Waals surface area contributed by atoms with E-state index in [1.807, 2.05) is 42.6 Å². The van der Waals surface area contributed by atoms with Gasteiger partial charge in [0.2, 0.25) is 0 Å². The van der Waals surface area contributed by atoms with Crippen molar-refractivity contribution in [1.29, 1.82) is 0 Å². The summed E-state index contributed by atoms with van der Waals surface area (Å²) in [6.45, 7) is 0.402. The van der Waals surface area contributed by atoms with E-state index in [1.54, 1.807) is 16.8 Å². The van der Waals surface area contributed by atoms with E-state index in [0.717, 1.165) is 11.4 Å². The molecular weight excluding hydrogens is 293 g/mol. The van der Waals surface area contributed by atoms with Gasteiger partial charge >= 0.3 is 0 Å². The number of rotatable bonds is 5. The molecule has 0 bridgehead atoms. The zero-order chi connectivity index (χ0) is 16.1. The molecule has 0 saturated carbocycles. The second-order valence-electron chi connectivity index (χ2n) is 5.07. The largest absolute Gasteiger partial charge is 0.352 e. The fraction of sp³-hybridized carbons (Fsp3) is 0.111. The summed E-state index contributed by atoms with van der Waals surface area (Å²) in [6, 6.07) is 17.6. The first-order valence-corrected chi connectivity index (χ1v) is 7.37. The molecule has 2 aromatic carbocycles. The number of nitrogens with one attached hydrogen (secondary N) is 1. The number of carbonyl (C=O) groups is 1. The lowest BCUT2D eigenvalue weighted by Crippen LogP contribution is -2.26. The van der Waals surface area contributed by atoms with Crippen LogP contribution in [-0.2, 0) is 6.42 Å². The number of carbonyl (C=O) groups excluding carboxylic acids is 1. The maximum atomic E-state index is 13.5. The maximum absolute atomic E-state index is 13.5. The number of aromatic nitrogens is 2. The van der Waals surface area contributed by atoms with Crippen molar-refractivity contribution in [2.75, 3.05) is 6.54 Å². The van der Waals surface area contributed by atoms with Crippen LogP contribution in [0.3, 0.4) is 0 Å². The fourth-order valence-electron chi connectivity index (χ4n) is 2.26. The van der Waals surface area contributed by atoms with Crippen LogP contribution in [0.5, 0.6) is 0 Å². The van der Waals surface area contributed by atoms with Crippen molar-refractivity contribution < 1.29 is 9.18 Å². The third kappa shape index (κ3) is 3.63. The number of nitrogens with zero attached hydrogens (tertiary/aromatic N) is 2. The van der Waals surface area contributed by atoms with E-state index in [9.17, 15) is 9.18 Å². The minimum Gasteiger partial charge on any atom is -0.352 e. The van der Waals surface area contributed by atoms with Gasteiger partial charge in [0.05, 0.1) is 16.9 Å². The number of hydrogen-bond acceptors (Lipinski definition) is 2. The highest BCUT2D eigenvalue weighted by Gasteiger charge is 2.10. The van der Waals surface area contributed by atoms with E-state index < -0.39 is 11.7 Å². The van der Waals surface area contributed by atoms with Crippen molar-refractivity contribution >= 4 is 5.91 Å². The Morgan fingerprint density at radius 1 is 1.04 bits per heavy atom. The summed E-state index contributed by atoms with van der Waals surface area (Å²) < 4.78 is 15.3. The van der Waals surface area contributed by atoms with Crippen LogP contribution in [0.1, 0.15) is 16.1 Å². The standard InChI is InChI=1S/C18H16FN3O/c19-17-9-5-4-8-16(17)18(23)20-12-10-14-11-13-22(21-14)15-6-2-1-3-7-15/h1-9,11,13H,10,12H2,(H,20,23). The second-order valence-corrected chi connectivity index (χ2v) is 5.07. The zero-order valence-electron chi connectivity index (χ0n) is 12.4. The molecule has 0 aliphatic carbocycles. The first-order chi connectivity index (χ1) is 11.2. The normalized spacial score (nSPS) is 10.5. The summed E-state index contributed by atoms with van der Waals surface area (Å²) in [5, 5.41) is 7.17. The molecule has 0 spiro atoms. The van der Waals surface area contributed by atoms with E-state index >= 15 is 0 Å². The number of benzene rings is 2. The summed E-state index contributed by atoms with van der Waals surface area (Å²) >= 11 is 0. The van der Waals surface area contributed by atoms with Crippen LogP contribution in [0.25, 0.3) is 5.69 Å². The van der Waals surface area contributed by atoms with Crippen molar-refractivity contribution in [3.63, 3.8) is 0 Å². The number of halogens is 1. The molecule has 3 aromatic rings. The predicted octanol–water partition coefficient (Wildman–Crippen LogP) is 2.98. The summed E-state index contributed by atoms with van der Waals surface area (Å²) in [4.78, 5) is 11.9. The molecule has 116 valence electrons. The van der Waals surface area contributed by atoms with Crippen molar-refractivity contribution in [3.8, 4) is 5.69 Å². The molecule has 0 saturated heterocycles. The average Bonchev–Trinajstić information content (AvgIpc) is 3.05. The van der Waals surface area contributed by atoms with E-state index in [-0.39, 0.29) is 5.56 Å². The lowest BCUT2D eigenvalue weighted by molar-refractivity contribution is 0.0950. The molecule has 4 nitrogen and oxygen atoms in total. The van der Waals surface area contributed by atoms with Crippen LogP contribution >= 0.6 is 0 Å². The van der Waals surface area contributed by atoms with Crippen molar-refractivity contribution in [1.82, 2.24) is 15.1 Å². The fourth-order valence-corrected chi connectivity index (χ4v) is 2.26. The Morgan fingerprint density at radius 3 is 2.57 bits per heavy atom. The molecule has 3 rings (SSSR count). The van der Waals surface area contributed by atoms with Crippen LogP contribution in [0, 0.1) is 5.82 Å². The highest BCUT2D eigenvalue weighted by molar-refractivity contribution is 5.94. The molecule has 5 heteroatoms. The molecule has 0 fully saturated rings. The third-order valence-electron chi connectivity index (χ3n) is 3.45. The van der Waals surface area contributed by atoms with E-state index in [1.165, 1.54) is 12.1 Å². The summed E-state index contributed by atoms with van der Waals surface area (Å²) in [5.41, 5.74) is 1.90. The summed E-state index contributed by atoms with van der Waals surface area (Å²) in [6.07, 6.45) is 2.46. The Balaban J connectivity index is 1.56. The molecule has 0 aliphatic rings. The first kappa shape index (κ1) is 15.0. The monoisotopic (exact) mass is 309 g/mol. The summed E-state index contributed by atoms with van der Waals surface area (Å²) in [7, 11) is 0. The topological polar surface area (TPSA) is 46.9 Å². The maximum Gasteiger partial charge on any atom is 0.254 e. The molecule has 23 heavy (non-hydrogen) atoms. The SMILES string of the molecule is O=C(NCCc1ccn(-c2ccccc2)n1)c1ccccc1F. The van der Waals surface area contributed by atoms with E-state index in [0.29, 0.717) is 13.0 Å². The van der Waals surface area contributed by atoms with Crippen LogP contribution in [0.15, 0.2) is 66.9 Å². The van der Waals surface area contributed by atoms with Gasteiger partial charge < -0.3 is 5.32 Å². The molecule has 1 aromatic heterocycles. The predicted molar refractivity (Wildman–Crippen MR) is 86.0 cm³/mol. The smallest absolute Gasteiger partial charge is 0.254 e.